The van der Waals surface area contributed by atoms with Gasteiger partial charge in [0.1, 0.15) is 5.82 Å². The zero-order valence-electron chi connectivity index (χ0n) is 15.5. The van der Waals surface area contributed by atoms with Gasteiger partial charge in [0.15, 0.2) is 0 Å². The third-order valence-corrected chi connectivity index (χ3v) is 5.68. The number of hydrogen-bond donors (Lipinski definition) is 2. The zero-order valence-corrected chi connectivity index (χ0v) is 17.1. The molecule has 158 valence electrons. The van der Waals surface area contributed by atoms with Crippen LogP contribution in [0, 0.1) is 12.7 Å². The van der Waals surface area contributed by atoms with Crippen molar-refractivity contribution >= 4 is 29.3 Å². The molecule has 3 nitrogen and oxygen atoms in total. The van der Waals surface area contributed by atoms with Crippen LogP contribution in [0.2, 0.25) is 5.02 Å². The average Bonchev–Trinajstić information content (AvgIpc) is 2.65. The van der Waals surface area contributed by atoms with Crippen LogP contribution in [-0.4, -0.2) is 30.3 Å². The second kappa shape index (κ2) is 10.3. The van der Waals surface area contributed by atoms with E-state index < -0.39 is 12.1 Å². The molecule has 0 saturated carbocycles. The summed E-state index contributed by atoms with van der Waals surface area (Å²) in [6.45, 7) is 4.22. The van der Waals surface area contributed by atoms with Crippen molar-refractivity contribution in [2.75, 3.05) is 13.1 Å². The molecule has 1 heterocycles. The Morgan fingerprint density at radius 3 is 2.28 bits per heavy atom. The van der Waals surface area contributed by atoms with Gasteiger partial charge in [-0.3, -0.25) is 0 Å². The highest BCUT2D eigenvalue weighted by molar-refractivity contribution is 7.99. The van der Waals surface area contributed by atoms with E-state index in [0.29, 0.717) is 15.8 Å². The first-order valence-corrected chi connectivity index (χ1v) is 10.0. The molecule has 9 heteroatoms. The van der Waals surface area contributed by atoms with Gasteiger partial charge >= 0.3 is 12.1 Å². The van der Waals surface area contributed by atoms with E-state index in [9.17, 15) is 17.6 Å². The number of rotatable bonds is 3. The van der Waals surface area contributed by atoms with E-state index in [-0.39, 0.29) is 5.82 Å². The number of carbonyl (C=O) groups is 1. The van der Waals surface area contributed by atoms with Gasteiger partial charge in [0.05, 0.1) is 0 Å². The first kappa shape index (κ1) is 23.5. The smallest absolute Gasteiger partial charge is 0.475 e. The monoisotopic (exact) mass is 449 g/mol. The lowest BCUT2D eigenvalue weighted by molar-refractivity contribution is -0.192. The number of carboxylic acids is 1. The summed E-state index contributed by atoms with van der Waals surface area (Å²) in [5, 5.41) is 11.0. The predicted octanol–water partition coefficient (Wildman–Crippen LogP) is 6.04. The lowest BCUT2D eigenvalue weighted by Gasteiger charge is -2.25. The van der Waals surface area contributed by atoms with Crippen molar-refractivity contribution in [3.05, 3.63) is 58.4 Å². The van der Waals surface area contributed by atoms with Crippen molar-refractivity contribution in [2.45, 2.75) is 41.7 Å². The maximum absolute atomic E-state index is 14.1. The largest absolute Gasteiger partial charge is 0.490 e. The Hall–Kier alpha value is -1.77. The fourth-order valence-electron chi connectivity index (χ4n) is 2.89. The number of aryl methyl sites for hydroxylation is 1. The Kier molecular flexibility index (Phi) is 8.36. The standard InChI is InChI=1S/C18H19ClFNS.C2HF3O2/c1-12-2-4-17(15(10-12)13-6-8-21-9-7-13)22-18-5-3-14(19)11-16(18)20;3-2(4,5)1(6)7/h2-5,10-11,13,21H,6-9H2,1H3;(H,6,7). The maximum Gasteiger partial charge on any atom is 0.490 e. The summed E-state index contributed by atoms with van der Waals surface area (Å²) in [4.78, 5) is 10.7. The number of halogens is 5. The van der Waals surface area contributed by atoms with Gasteiger partial charge in [0.25, 0.3) is 0 Å². The van der Waals surface area contributed by atoms with Gasteiger partial charge in [-0.1, -0.05) is 41.1 Å². The number of carboxylic acid groups (broad SMARTS) is 1. The van der Waals surface area contributed by atoms with Gasteiger partial charge in [-0.05, 0) is 68.6 Å². The molecule has 2 aromatic rings. The second-order valence-electron chi connectivity index (χ2n) is 6.55. The molecule has 0 unspecified atom stereocenters. The molecule has 0 spiro atoms. The molecule has 0 amide bonds. The van der Waals surface area contributed by atoms with Crippen molar-refractivity contribution in [2.24, 2.45) is 0 Å². The first-order chi connectivity index (χ1) is 13.6. The van der Waals surface area contributed by atoms with Gasteiger partial charge in [0, 0.05) is 14.8 Å². The number of benzene rings is 2. The molecule has 3 rings (SSSR count). The van der Waals surface area contributed by atoms with Crippen LogP contribution in [0.5, 0.6) is 0 Å². The molecule has 0 aliphatic carbocycles. The zero-order chi connectivity index (χ0) is 21.6. The molecular weight excluding hydrogens is 430 g/mol. The summed E-state index contributed by atoms with van der Waals surface area (Å²) in [7, 11) is 0. The molecule has 1 saturated heterocycles. The fourth-order valence-corrected chi connectivity index (χ4v) is 4.06. The molecule has 0 bridgehead atoms. The SMILES string of the molecule is Cc1ccc(Sc2ccc(Cl)cc2F)c(C2CCNCC2)c1.O=C(O)C(F)(F)F. The number of aliphatic carboxylic acids is 1. The molecule has 0 radical (unpaired) electrons. The van der Waals surface area contributed by atoms with Crippen molar-refractivity contribution in [1.82, 2.24) is 5.32 Å². The van der Waals surface area contributed by atoms with Gasteiger partial charge in [-0.25, -0.2) is 9.18 Å². The third-order valence-electron chi connectivity index (χ3n) is 4.30. The molecular formula is C20H20ClF4NO2S. The van der Waals surface area contributed by atoms with Gasteiger partial charge in [0.2, 0.25) is 0 Å². The van der Waals surface area contributed by atoms with E-state index in [0.717, 1.165) is 30.8 Å². The van der Waals surface area contributed by atoms with Crippen LogP contribution in [0.3, 0.4) is 0 Å². The molecule has 0 aromatic heterocycles. The van der Waals surface area contributed by atoms with E-state index >= 15 is 0 Å². The van der Waals surface area contributed by atoms with Crippen molar-refractivity contribution in [3.8, 4) is 0 Å². The Balaban J connectivity index is 0.000000370. The quantitative estimate of drug-likeness (QED) is 0.561. The van der Waals surface area contributed by atoms with Crippen LogP contribution < -0.4 is 5.32 Å². The van der Waals surface area contributed by atoms with Crippen LogP contribution >= 0.6 is 23.4 Å². The number of piperidine rings is 1. The van der Waals surface area contributed by atoms with E-state index in [1.165, 1.54) is 29.0 Å². The highest BCUT2D eigenvalue weighted by atomic mass is 35.5. The number of alkyl halides is 3. The van der Waals surface area contributed by atoms with Crippen molar-refractivity contribution in [3.63, 3.8) is 0 Å². The molecule has 1 aliphatic rings. The summed E-state index contributed by atoms with van der Waals surface area (Å²) in [5.41, 5.74) is 2.61. The molecule has 2 aromatic carbocycles. The Morgan fingerprint density at radius 2 is 1.72 bits per heavy atom. The maximum atomic E-state index is 14.1. The molecule has 1 aliphatic heterocycles. The minimum absolute atomic E-state index is 0.255. The van der Waals surface area contributed by atoms with Gasteiger partial charge < -0.3 is 10.4 Å². The molecule has 1 fully saturated rings. The van der Waals surface area contributed by atoms with E-state index in [1.54, 1.807) is 12.1 Å². The van der Waals surface area contributed by atoms with Crippen molar-refractivity contribution in [1.29, 1.82) is 0 Å². The summed E-state index contributed by atoms with van der Waals surface area (Å²) in [5.74, 6) is -2.46. The minimum atomic E-state index is -5.08. The number of hydrogen-bond acceptors (Lipinski definition) is 3. The highest BCUT2D eigenvalue weighted by Gasteiger charge is 2.38. The summed E-state index contributed by atoms with van der Waals surface area (Å²) < 4.78 is 45.8. The van der Waals surface area contributed by atoms with E-state index in [1.807, 2.05) is 0 Å². The Labute approximate surface area is 175 Å². The van der Waals surface area contributed by atoms with Crippen LogP contribution in [0.25, 0.3) is 0 Å². The van der Waals surface area contributed by atoms with Gasteiger partial charge in [-0.2, -0.15) is 13.2 Å². The summed E-state index contributed by atoms with van der Waals surface area (Å²) in [6.07, 6.45) is -2.81. The fraction of sp³-hybridized carbons (Fsp3) is 0.350. The van der Waals surface area contributed by atoms with E-state index in [2.05, 4.69) is 30.4 Å². The Bertz CT molecular complexity index is 855. The topological polar surface area (TPSA) is 49.3 Å². The highest BCUT2D eigenvalue weighted by Crippen LogP contribution is 2.39. The molecule has 2 N–H and O–H groups in total. The second-order valence-corrected chi connectivity index (χ2v) is 8.07. The predicted molar refractivity (Wildman–Crippen MR) is 105 cm³/mol. The lowest BCUT2D eigenvalue weighted by atomic mass is 9.89. The number of nitrogens with one attached hydrogen (secondary N) is 1. The van der Waals surface area contributed by atoms with Gasteiger partial charge in [-0.15, -0.1) is 0 Å². The normalized spacial score (nSPS) is 14.8. The minimum Gasteiger partial charge on any atom is -0.475 e. The molecule has 29 heavy (non-hydrogen) atoms. The lowest BCUT2D eigenvalue weighted by Crippen LogP contribution is -2.26. The molecule has 0 atom stereocenters. The van der Waals surface area contributed by atoms with Crippen LogP contribution in [-0.2, 0) is 4.79 Å². The van der Waals surface area contributed by atoms with Crippen LogP contribution in [0.15, 0.2) is 46.2 Å². The van der Waals surface area contributed by atoms with Crippen molar-refractivity contribution < 1.29 is 27.5 Å². The van der Waals surface area contributed by atoms with Crippen LogP contribution in [0.4, 0.5) is 17.6 Å². The average molecular weight is 450 g/mol. The summed E-state index contributed by atoms with van der Waals surface area (Å²) >= 11 is 7.34. The summed E-state index contributed by atoms with van der Waals surface area (Å²) in [6, 6.07) is 11.3. The van der Waals surface area contributed by atoms with Crippen LogP contribution in [0.1, 0.15) is 29.9 Å². The Morgan fingerprint density at radius 1 is 1.14 bits per heavy atom. The third kappa shape index (κ3) is 7.21. The van der Waals surface area contributed by atoms with E-state index in [4.69, 9.17) is 21.5 Å². The first-order valence-electron chi connectivity index (χ1n) is 8.82.